The Kier molecular flexibility index (Phi) is 8.06. The highest BCUT2D eigenvalue weighted by Gasteiger charge is 2.09. The highest BCUT2D eigenvalue weighted by Crippen LogP contribution is 2.25. The minimum absolute atomic E-state index is 0.309. The van der Waals surface area contributed by atoms with E-state index < -0.39 is 6.10 Å². The molecule has 0 aliphatic heterocycles. The highest BCUT2D eigenvalue weighted by atomic mass is 16.5. The molecule has 3 heteroatoms. The Morgan fingerprint density at radius 3 is 2.67 bits per heavy atom. The van der Waals surface area contributed by atoms with Crippen molar-refractivity contribution in [3.8, 4) is 5.75 Å². The molecule has 2 N–H and O–H groups in total. The quantitative estimate of drug-likeness (QED) is 0.595. The molecule has 2 rings (SSSR count). The van der Waals surface area contributed by atoms with E-state index in [1.54, 1.807) is 0 Å². The Bertz CT molecular complexity index is 594. The maximum Gasteiger partial charge on any atom is 0.127 e. The van der Waals surface area contributed by atoms with E-state index in [0.29, 0.717) is 19.2 Å². The molecule has 0 spiro atoms. The van der Waals surface area contributed by atoms with Gasteiger partial charge in [-0.05, 0) is 24.8 Å². The predicted octanol–water partition coefficient (Wildman–Crippen LogP) is 4.53. The molecule has 0 radical (unpaired) electrons. The Morgan fingerprint density at radius 2 is 1.83 bits per heavy atom. The van der Waals surface area contributed by atoms with E-state index in [-0.39, 0.29) is 0 Å². The van der Waals surface area contributed by atoms with Gasteiger partial charge in [-0.2, -0.15) is 0 Å². The van der Waals surface area contributed by atoms with Gasteiger partial charge in [0.05, 0.1) is 0 Å². The van der Waals surface area contributed by atoms with Crippen molar-refractivity contribution in [3.05, 3.63) is 42.5 Å². The van der Waals surface area contributed by atoms with Crippen LogP contribution in [-0.4, -0.2) is 30.4 Å². The van der Waals surface area contributed by atoms with Crippen molar-refractivity contribution in [3.63, 3.8) is 0 Å². The fourth-order valence-corrected chi connectivity index (χ4v) is 2.88. The number of rotatable bonds is 11. The van der Waals surface area contributed by atoms with E-state index in [1.807, 2.05) is 30.3 Å². The minimum atomic E-state index is -0.498. The van der Waals surface area contributed by atoms with Gasteiger partial charge in [-0.25, -0.2) is 0 Å². The summed E-state index contributed by atoms with van der Waals surface area (Å²) in [6.45, 7) is 5.29. The van der Waals surface area contributed by atoms with Crippen LogP contribution in [0.5, 0.6) is 5.75 Å². The second-order valence-electron chi connectivity index (χ2n) is 6.60. The second-order valence-corrected chi connectivity index (χ2v) is 6.60. The number of fused-ring (bicyclic) bond motifs is 1. The van der Waals surface area contributed by atoms with Gasteiger partial charge in [-0.1, -0.05) is 69.0 Å². The van der Waals surface area contributed by atoms with Crippen LogP contribution in [0.3, 0.4) is 0 Å². The molecule has 0 unspecified atom stereocenters. The first-order valence-electron chi connectivity index (χ1n) is 9.22. The third kappa shape index (κ3) is 6.14. The number of nitrogens with one attached hydrogen (secondary N) is 1. The molecule has 0 saturated carbocycles. The SMILES string of the molecule is CCCCCC[C@@H](C)NC[C@H](O)COc1cccc2ccccc12. The second kappa shape index (κ2) is 10.3. The maximum absolute atomic E-state index is 10.2. The molecule has 0 aliphatic carbocycles. The molecule has 0 amide bonds. The van der Waals surface area contributed by atoms with Crippen LogP contribution in [0.15, 0.2) is 42.5 Å². The molecule has 0 heterocycles. The van der Waals surface area contributed by atoms with E-state index in [2.05, 4.69) is 31.3 Å². The van der Waals surface area contributed by atoms with Crippen LogP contribution in [0.1, 0.15) is 46.0 Å². The molecule has 0 saturated heterocycles. The number of ether oxygens (including phenoxy) is 1. The molecule has 2 atom stereocenters. The van der Waals surface area contributed by atoms with Crippen LogP contribution in [0, 0.1) is 0 Å². The van der Waals surface area contributed by atoms with Gasteiger partial charge in [-0.3, -0.25) is 0 Å². The van der Waals surface area contributed by atoms with Gasteiger partial charge >= 0.3 is 0 Å². The smallest absolute Gasteiger partial charge is 0.127 e. The number of hydrogen-bond donors (Lipinski definition) is 2. The maximum atomic E-state index is 10.2. The summed E-state index contributed by atoms with van der Waals surface area (Å²) < 4.78 is 5.84. The van der Waals surface area contributed by atoms with E-state index in [1.165, 1.54) is 25.7 Å². The highest BCUT2D eigenvalue weighted by molar-refractivity contribution is 5.88. The van der Waals surface area contributed by atoms with Crippen molar-refractivity contribution in [2.24, 2.45) is 0 Å². The summed E-state index contributed by atoms with van der Waals surface area (Å²) in [6.07, 6.45) is 5.80. The normalized spacial score (nSPS) is 13.8. The fraction of sp³-hybridized carbons (Fsp3) is 0.524. The van der Waals surface area contributed by atoms with Crippen LogP contribution in [0.4, 0.5) is 0 Å². The summed E-state index contributed by atoms with van der Waals surface area (Å²) in [6, 6.07) is 14.6. The molecule has 24 heavy (non-hydrogen) atoms. The molecule has 0 fully saturated rings. The van der Waals surface area contributed by atoms with Crippen LogP contribution in [0.25, 0.3) is 10.8 Å². The molecule has 132 valence electrons. The van der Waals surface area contributed by atoms with E-state index in [4.69, 9.17) is 4.74 Å². The van der Waals surface area contributed by atoms with Gasteiger partial charge in [0.25, 0.3) is 0 Å². The van der Waals surface area contributed by atoms with Gasteiger partial charge in [0, 0.05) is 18.0 Å². The zero-order valence-electron chi connectivity index (χ0n) is 15.0. The lowest BCUT2D eigenvalue weighted by Crippen LogP contribution is -2.36. The largest absolute Gasteiger partial charge is 0.490 e. The van der Waals surface area contributed by atoms with Crippen molar-refractivity contribution >= 4 is 10.8 Å². The van der Waals surface area contributed by atoms with Crippen molar-refractivity contribution in [2.75, 3.05) is 13.2 Å². The van der Waals surface area contributed by atoms with Crippen molar-refractivity contribution in [1.82, 2.24) is 5.32 Å². The predicted molar refractivity (Wildman–Crippen MR) is 102 cm³/mol. The van der Waals surface area contributed by atoms with Gasteiger partial charge in [0.1, 0.15) is 18.5 Å². The average molecular weight is 329 g/mol. The lowest BCUT2D eigenvalue weighted by Gasteiger charge is -2.18. The molecule has 0 aliphatic rings. The molecule has 3 nitrogen and oxygen atoms in total. The zero-order chi connectivity index (χ0) is 17.2. The van der Waals surface area contributed by atoms with Crippen LogP contribution in [-0.2, 0) is 0 Å². The number of aliphatic hydroxyl groups is 1. The van der Waals surface area contributed by atoms with Crippen LogP contribution < -0.4 is 10.1 Å². The molecular formula is C21H31NO2. The Balaban J connectivity index is 1.72. The van der Waals surface area contributed by atoms with Gasteiger partial charge in [0.15, 0.2) is 0 Å². The number of unbranched alkanes of at least 4 members (excludes halogenated alkanes) is 3. The number of hydrogen-bond acceptors (Lipinski definition) is 3. The molecule has 0 aromatic heterocycles. The molecule has 2 aromatic rings. The van der Waals surface area contributed by atoms with E-state index in [9.17, 15) is 5.11 Å². The summed E-state index contributed by atoms with van der Waals surface area (Å²) in [5.74, 6) is 0.833. The first-order valence-corrected chi connectivity index (χ1v) is 9.22. The van der Waals surface area contributed by atoms with Crippen LogP contribution in [0.2, 0.25) is 0 Å². The standard InChI is InChI=1S/C21H31NO2/c1-3-4-5-6-10-17(2)22-15-19(23)16-24-21-14-9-12-18-11-7-8-13-20(18)21/h7-9,11-14,17,19,22-23H,3-6,10,15-16H2,1-2H3/t17-,19+/m1/s1. The summed E-state index contributed by atoms with van der Waals surface area (Å²) in [5, 5.41) is 15.8. The third-order valence-corrected chi connectivity index (χ3v) is 4.37. The first-order chi connectivity index (χ1) is 11.7. The molecule has 2 aromatic carbocycles. The van der Waals surface area contributed by atoms with Crippen molar-refractivity contribution in [1.29, 1.82) is 0 Å². The zero-order valence-corrected chi connectivity index (χ0v) is 15.0. The number of aliphatic hydroxyl groups excluding tert-OH is 1. The summed E-state index contributed by atoms with van der Waals surface area (Å²) >= 11 is 0. The lowest BCUT2D eigenvalue weighted by molar-refractivity contribution is 0.104. The van der Waals surface area contributed by atoms with Crippen molar-refractivity contribution in [2.45, 2.75) is 58.1 Å². The average Bonchev–Trinajstić information content (AvgIpc) is 2.61. The van der Waals surface area contributed by atoms with Gasteiger partial charge in [0.2, 0.25) is 0 Å². The topological polar surface area (TPSA) is 41.5 Å². The monoisotopic (exact) mass is 329 g/mol. The van der Waals surface area contributed by atoms with Gasteiger partial charge < -0.3 is 15.2 Å². The van der Waals surface area contributed by atoms with E-state index in [0.717, 1.165) is 22.9 Å². The third-order valence-electron chi connectivity index (χ3n) is 4.37. The van der Waals surface area contributed by atoms with Crippen LogP contribution >= 0.6 is 0 Å². The summed E-state index contributed by atoms with van der Waals surface area (Å²) in [5.41, 5.74) is 0. The Labute approximate surface area is 146 Å². The Morgan fingerprint density at radius 1 is 1.04 bits per heavy atom. The minimum Gasteiger partial charge on any atom is -0.490 e. The summed E-state index contributed by atoms with van der Waals surface area (Å²) in [7, 11) is 0. The van der Waals surface area contributed by atoms with E-state index >= 15 is 0 Å². The molecule has 0 bridgehead atoms. The fourth-order valence-electron chi connectivity index (χ4n) is 2.88. The molecular weight excluding hydrogens is 298 g/mol. The first kappa shape index (κ1) is 18.8. The lowest BCUT2D eigenvalue weighted by atomic mass is 10.1. The number of benzene rings is 2. The van der Waals surface area contributed by atoms with Crippen molar-refractivity contribution < 1.29 is 9.84 Å². The Hall–Kier alpha value is -1.58. The summed E-state index contributed by atoms with van der Waals surface area (Å²) in [4.78, 5) is 0. The van der Waals surface area contributed by atoms with Gasteiger partial charge in [-0.15, -0.1) is 0 Å².